The largest absolute Gasteiger partial charge is 0.395 e. The van der Waals surface area contributed by atoms with E-state index >= 15 is 0 Å². The summed E-state index contributed by atoms with van der Waals surface area (Å²) in [5.74, 6) is -0.244. The molecule has 0 saturated carbocycles. The van der Waals surface area contributed by atoms with Crippen LogP contribution in [0.2, 0.25) is 0 Å². The molecular weight excluding hydrogens is 262 g/mol. The summed E-state index contributed by atoms with van der Waals surface area (Å²) < 4.78 is 0. The zero-order chi connectivity index (χ0) is 13.7. The van der Waals surface area contributed by atoms with Gasteiger partial charge in [0.25, 0.3) is 5.91 Å². The number of rotatable bonds is 6. The number of thiazole rings is 1. The SMILES string of the molecule is CCCc1[nH]nc(C(=O)NCCc2cscn2)c1N. The van der Waals surface area contributed by atoms with Crippen molar-refractivity contribution in [1.29, 1.82) is 0 Å². The average molecular weight is 279 g/mol. The van der Waals surface area contributed by atoms with Gasteiger partial charge in [0, 0.05) is 18.3 Å². The number of anilines is 1. The minimum absolute atomic E-state index is 0.244. The summed E-state index contributed by atoms with van der Waals surface area (Å²) in [5, 5.41) is 11.6. The Balaban J connectivity index is 1.89. The van der Waals surface area contributed by atoms with E-state index in [1.807, 2.05) is 12.3 Å². The number of nitrogens with one attached hydrogen (secondary N) is 2. The lowest BCUT2D eigenvalue weighted by atomic mass is 10.2. The molecule has 4 N–H and O–H groups in total. The first-order valence-corrected chi connectivity index (χ1v) is 7.14. The number of nitrogen functional groups attached to an aromatic ring is 1. The molecule has 0 aliphatic rings. The van der Waals surface area contributed by atoms with E-state index in [0.29, 0.717) is 18.7 Å². The predicted octanol–water partition coefficient (Wildman–Crippen LogP) is 1.37. The van der Waals surface area contributed by atoms with Gasteiger partial charge >= 0.3 is 0 Å². The quantitative estimate of drug-likeness (QED) is 0.744. The molecule has 0 radical (unpaired) electrons. The number of nitrogens with zero attached hydrogens (tertiary/aromatic N) is 2. The van der Waals surface area contributed by atoms with Crippen LogP contribution in [0.25, 0.3) is 0 Å². The summed E-state index contributed by atoms with van der Waals surface area (Å²) in [4.78, 5) is 16.1. The number of carbonyl (C=O) groups excluding carboxylic acids is 1. The molecule has 6 nitrogen and oxygen atoms in total. The van der Waals surface area contributed by atoms with E-state index < -0.39 is 0 Å². The van der Waals surface area contributed by atoms with E-state index in [1.165, 1.54) is 0 Å². The summed E-state index contributed by atoms with van der Waals surface area (Å²) in [6.45, 7) is 2.58. The Kier molecular flexibility index (Phi) is 4.51. The molecule has 0 aromatic carbocycles. The number of hydrogen-bond donors (Lipinski definition) is 3. The molecular formula is C12H17N5OS. The van der Waals surface area contributed by atoms with Crippen LogP contribution >= 0.6 is 11.3 Å². The third kappa shape index (κ3) is 3.31. The van der Waals surface area contributed by atoms with E-state index in [9.17, 15) is 4.79 Å². The van der Waals surface area contributed by atoms with Crippen molar-refractivity contribution in [1.82, 2.24) is 20.5 Å². The van der Waals surface area contributed by atoms with Gasteiger partial charge in [-0.05, 0) is 6.42 Å². The highest BCUT2D eigenvalue weighted by Crippen LogP contribution is 2.15. The average Bonchev–Trinajstić information content (AvgIpc) is 3.01. The lowest BCUT2D eigenvalue weighted by Gasteiger charge is -2.02. The summed E-state index contributed by atoms with van der Waals surface area (Å²) in [6.07, 6.45) is 2.46. The normalized spacial score (nSPS) is 10.6. The molecule has 0 saturated heterocycles. The molecule has 0 aliphatic heterocycles. The number of amides is 1. The Bertz CT molecular complexity index is 534. The Morgan fingerprint density at radius 1 is 1.53 bits per heavy atom. The second kappa shape index (κ2) is 6.33. The molecule has 0 bridgehead atoms. The molecule has 0 unspecified atom stereocenters. The maximum absolute atomic E-state index is 11.9. The van der Waals surface area contributed by atoms with E-state index in [0.717, 1.165) is 24.2 Å². The van der Waals surface area contributed by atoms with Gasteiger partial charge in [-0.25, -0.2) is 4.98 Å². The lowest BCUT2D eigenvalue weighted by Crippen LogP contribution is -2.26. The first-order valence-electron chi connectivity index (χ1n) is 6.20. The number of aromatic amines is 1. The standard InChI is InChI=1S/C12H17N5OS/c1-2-3-9-10(13)11(17-16-9)12(18)14-5-4-8-6-19-7-15-8/h6-7H,2-5,13H2,1H3,(H,14,18)(H,16,17). The van der Waals surface area contributed by atoms with Crippen molar-refractivity contribution in [3.63, 3.8) is 0 Å². The minimum Gasteiger partial charge on any atom is -0.395 e. The second-order valence-corrected chi connectivity index (χ2v) is 4.92. The Morgan fingerprint density at radius 2 is 2.37 bits per heavy atom. The fraction of sp³-hybridized carbons (Fsp3) is 0.417. The van der Waals surface area contributed by atoms with Gasteiger partial charge in [-0.3, -0.25) is 9.89 Å². The van der Waals surface area contributed by atoms with Crippen molar-refractivity contribution in [3.8, 4) is 0 Å². The predicted molar refractivity (Wildman–Crippen MR) is 75.1 cm³/mol. The van der Waals surface area contributed by atoms with Gasteiger partial charge in [0.05, 0.1) is 22.6 Å². The topological polar surface area (TPSA) is 96.7 Å². The van der Waals surface area contributed by atoms with E-state index in [2.05, 4.69) is 20.5 Å². The van der Waals surface area contributed by atoms with Crippen molar-refractivity contribution >= 4 is 22.9 Å². The number of carbonyl (C=O) groups is 1. The molecule has 0 aliphatic carbocycles. The third-order valence-electron chi connectivity index (χ3n) is 2.75. The molecule has 7 heteroatoms. The summed E-state index contributed by atoms with van der Waals surface area (Å²) >= 11 is 1.54. The first-order chi connectivity index (χ1) is 9.22. The molecule has 2 aromatic rings. The van der Waals surface area contributed by atoms with Crippen LogP contribution in [0.3, 0.4) is 0 Å². The number of aromatic nitrogens is 3. The van der Waals surface area contributed by atoms with Crippen LogP contribution in [-0.4, -0.2) is 27.6 Å². The van der Waals surface area contributed by atoms with Gasteiger partial charge in [-0.15, -0.1) is 11.3 Å². The highest BCUT2D eigenvalue weighted by atomic mass is 32.1. The Hall–Kier alpha value is -1.89. The zero-order valence-corrected chi connectivity index (χ0v) is 11.6. The third-order valence-corrected chi connectivity index (χ3v) is 3.38. The van der Waals surface area contributed by atoms with Crippen LogP contribution in [0.5, 0.6) is 0 Å². The molecule has 102 valence electrons. The van der Waals surface area contributed by atoms with Crippen LogP contribution in [-0.2, 0) is 12.8 Å². The first kappa shape index (κ1) is 13.5. The van der Waals surface area contributed by atoms with Gasteiger partial charge < -0.3 is 11.1 Å². The van der Waals surface area contributed by atoms with Crippen molar-refractivity contribution in [2.45, 2.75) is 26.2 Å². The Labute approximate surface area is 115 Å². The monoisotopic (exact) mass is 279 g/mol. The van der Waals surface area contributed by atoms with E-state index in [-0.39, 0.29) is 11.6 Å². The van der Waals surface area contributed by atoms with Gasteiger partial charge in [0.1, 0.15) is 0 Å². The van der Waals surface area contributed by atoms with Crippen molar-refractivity contribution in [3.05, 3.63) is 28.0 Å². The maximum atomic E-state index is 11.9. The van der Waals surface area contributed by atoms with Crippen LogP contribution in [0.15, 0.2) is 10.9 Å². The fourth-order valence-corrected chi connectivity index (χ4v) is 2.34. The van der Waals surface area contributed by atoms with Gasteiger partial charge in [0.2, 0.25) is 0 Å². The van der Waals surface area contributed by atoms with E-state index in [4.69, 9.17) is 5.73 Å². The van der Waals surface area contributed by atoms with Crippen LogP contribution < -0.4 is 11.1 Å². The Morgan fingerprint density at radius 3 is 3.05 bits per heavy atom. The number of H-pyrrole nitrogens is 1. The lowest BCUT2D eigenvalue weighted by molar-refractivity contribution is 0.0950. The van der Waals surface area contributed by atoms with Crippen LogP contribution in [0, 0.1) is 0 Å². The molecule has 2 aromatic heterocycles. The van der Waals surface area contributed by atoms with E-state index in [1.54, 1.807) is 16.8 Å². The maximum Gasteiger partial charge on any atom is 0.273 e. The molecule has 1 amide bonds. The number of hydrogen-bond acceptors (Lipinski definition) is 5. The molecule has 0 spiro atoms. The summed E-state index contributed by atoms with van der Waals surface area (Å²) in [6, 6.07) is 0. The van der Waals surface area contributed by atoms with Gasteiger partial charge in [-0.2, -0.15) is 5.10 Å². The van der Waals surface area contributed by atoms with Gasteiger partial charge in [-0.1, -0.05) is 13.3 Å². The number of aryl methyl sites for hydroxylation is 1. The van der Waals surface area contributed by atoms with Crippen LogP contribution in [0.1, 0.15) is 35.2 Å². The highest BCUT2D eigenvalue weighted by Gasteiger charge is 2.16. The molecule has 0 atom stereocenters. The second-order valence-electron chi connectivity index (χ2n) is 4.20. The van der Waals surface area contributed by atoms with Crippen LogP contribution in [0.4, 0.5) is 5.69 Å². The van der Waals surface area contributed by atoms with Crippen molar-refractivity contribution in [2.24, 2.45) is 0 Å². The highest BCUT2D eigenvalue weighted by molar-refractivity contribution is 7.07. The summed E-state index contributed by atoms with van der Waals surface area (Å²) in [5.41, 5.74) is 10.2. The smallest absolute Gasteiger partial charge is 0.273 e. The molecule has 0 fully saturated rings. The van der Waals surface area contributed by atoms with Crippen molar-refractivity contribution in [2.75, 3.05) is 12.3 Å². The molecule has 2 rings (SSSR count). The fourth-order valence-electron chi connectivity index (χ4n) is 1.75. The number of nitrogens with two attached hydrogens (primary N) is 1. The zero-order valence-electron chi connectivity index (χ0n) is 10.8. The minimum atomic E-state index is -0.244. The summed E-state index contributed by atoms with van der Waals surface area (Å²) in [7, 11) is 0. The molecule has 2 heterocycles. The van der Waals surface area contributed by atoms with Crippen molar-refractivity contribution < 1.29 is 4.79 Å². The molecule has 19 heavy (non-hydrogen) atoms. The van der Waals surface area contributed by atoms with Gasteiger partial charge in [0.15, 0.2) is 5.69 Å².